The first-order valence-electron chi connectivity index (χ1n) is 5.94. The Balaban J connectivity index is 2.10. The number of imidazole rings is 1. The molecule has 0 atom stereocenters. The SMILES string of the molecule is COc1cc(N)ccc1S(=O)(=O)NCCc1ncc[nH]1. The van der Waals surface area contributed by atoms with E-state index in [1.807, 2.05) is 0 Å². The van der Waals surface area contributed by atoms with Gasteiger partial charge >= 0.3 is 0 Å². The highest BCUT2D eigenvalue weighted by molar-refractivity contribution is 7.89. The lowest BCUT2D eigenvalue weighted by Gasteiger charge is -2.10. The molecule has 7 nitrogen and oxygen atoms in total. The van der Waals surface area contributed by atoms with E-state index in [4.69, 9.17) is 10.5 Å². The lowest BCUT2D eigenvalue weighted by molar-refractivity contribution is 0.402. The predicted molar refractivity (Wildman–Crippen MR) is 74.9 cm³/mol. The summed E-state index contributed by atoms with van der Waals surface area (Å²) in [5, 5.41) is 0. The zero-order valence-corrected chi connectivity index (χ0v) is 11.8. The fourth-order valence-corrected chi connectivity index (χ4v) is 2.90. The second-order valence-electron chi connectivity index (χ2n) is 4.09. The number of H-pyrrole nitrogens is 1. The Kier molecular flexibility index (Phi) is 4.26. The highest BCUT2D eigenvalue weighted by atomic mass is 32.2. The van der Waals surface area contributed by atoms with Crippen LogP contribution in [0.15, 0.2) is 35.5 Å². The van der Waals surface area contributed by atoms with Crippen LogP contribution in [0.1, 0.15) is 5.82 Å². The van der Waals surface area contributed by atoms with Crippen molar-refractivity contribution in [2.45, 2.75) is 11.3 Å². The van der Waals surface area contributed by atoms with E-state index in [1.165, 1.54) is 25.3 Å². The molecule has 0 spiro atoms. The van der Waals surface area contributed by atoms with Crippen molar-refractivity contribution in [2.75, 3.05) is 19.4 Å². The van der Waals surface area contributed by atoms with Gasteiger partial charge in [-0.15, -0.1) is 0 Å². The Labute approximate surface area is 117 Å². The van der Waals surface area contributed by atoms with Crippen molar-refractivity contribution in [1.82, 2.24) is 14.7 Å². The summed E-state index contributed by atoms with van der Waals surface area (Å²) in [5.74, 6) is 0.937. The van der Waals surface area contributed by atoms with Crippen molar-refractivity contribution in [3.05, 3.63) is 36.4 Å². The molecule has 1 aromatic heterocycles. The van der Waals surface area contributed by atoms with Gasteiger partial charge in [-0.3, -0.25) is 0 Å². The van der Waals surface area contributed by atoms with Gasteiger partial charge < -0.3 is 15.5 Å². The Hall–Kier alpha value is -2.06. The Morgan fingerprint density at radius 1 is 1.45 bits per heavy atom. The molecule has 0 fully saturated rings. The molecule has 0 bridgehead atoms. The van der Waals surface area contributed by atoms with Crippen molar-refractivity contribution in [1.29, 1.82) is 0 Å². The summed E-state index contributed by atoms with van der Waals surface area (Å²) < 4.78 is 31.9. The molecule has 0 unspecified atom stereocenters. The average Bonchev–Trinajstić information content (AvgIpc) is 2.91. The second-order valence-corrected chi connectivity index (χ2v) is 5.83. The number of methoxy groups -OCH3 is 1. The summed E-state index contributed by atoms with van der Waals surface area (Å²) in [6.07, 6.45) is 3.78. The van der Waals surface area contributed by atoms with Crippen molar-refractivity contribution >= 4 is 15.7 Å². The summed E-state index contributed by atoms with van der Waals surface area (Å²) >= 11 is 0. The molecule has 4 N–H and O–H groups in total. The van der Waals surface area contributed by atoms with Gasteiger partial charge in [-0.2, -0.15) is 0 Å². The molecule has 0 amide bonds. The summed E-state index contributed by atoms with van der Waals surface area (Å²) in [7, 11) is -2.25. The van der Waals surface area contributed by atoms with Crippen LogP contribution in [-0.2, 0) is 16.4 Å². The van der Waals surface area contributed by atoms with Gasteiger partial charge in [-0.25, -0.2) is 18.1 Å². The second kappa shape index (κ2) is 5.93. The number of rotatable bonds is 6. The van der Waals surface area contributed by atoms with Crippen LogP contribution in [0.5, 0.6) is 5.75 Å². The lowest BCUT2D eigenvalue weighted by Crippen LogP contribution is -2.26. The molecule has 8 heteroatoms. The monoisotopic (exact) mass is 296 g/mol. The molecule has 0 aliphatic rings. The van der Waals surface area contributed by atoms with Crippen molar-refractivity contribution in [3.63, 3.8) is 0 Å². The van der Waals surface area contributed by atoms with Gasteiger partial charge in [-0.05, 0) is 12.1 Å². The third-order valence-corrected chi connectivity index (χ3v) is 4.19. The number of benzene rings is 1. The van der Waals surface area contributed by atoms with E-state index in [0.717, 1.165) is 5.82 Å². The number of sulfonamides is 1. The number of hydrogen-bond donors (Lipinski definition) is 3. The van der Waals surface area contributed by atoms with Gasteiger partial charge in [0, 0.05) is 37.1 Å². The summed E-state index contributed by atoms with van der Waals surface area (Å²) in [5.41, 5.74) is 6.04. The standard InChI is InChI=1S/C12H16N4O3S/c1-19-10-8-9(13)2-3-11(10)20(17,18)16-5-4-12-14-6-7-15-12/h2-3,6-8,16H,4-5,13H2,1H3,(H,14,15). The van der Waals surface area contributed by atoms with Crippen LogP contribution in [0.25, 0.3) is 0 Å². The Bertz CT molecular complexity index is 668. The van der Waals surface area contributed by atoms with Crippen LogP contribution >= 0.6 is 0 Å². The molecule has 108 valence electrons. The number of anilines is 1. The van der Waals surface area contributed by atoms with Crippen LogP contribution in [-0.4, -0.2) is 32.0 Å². The fraction of sp³-hybridized carbons (Fsp3) is 0.250. The van der Waals surface area contributed by atoms with Gasteiger partial charge in [0.05, 0.1) is 7.11 Å². The summed E-state index contributed by atoms with van der Waals surface area (Å²) in [4.78, 5) is 6.99. The average molecular weight is 296 g/mol. The van der Waals surface area contributed by atoms with Crippen molar-refractivity contribution in [2.24, 2.45) is 0 Å². The van der Waals surface area contributed by atoms with Gasteiger partial charge in [-0.1, -0.05) is 0 Å². The molecule has 0 aliphatic heterocycles. The highest BCUT2D eigenvalue weighted by Gasteiger charge is 2.19. The number of aromatic amines is 1. The first kappa shape index (κ1) is 14.4. The summed E-state index contributed by atoms with van der Waals surface area (Å²) in [6, 6.07) is 4.41. The zero-order valence-electron chi connectivity index (χ0n) is 11.0. The molecule has 20 heavy (non-hydrogen) atoms. The highest BCUT2D eigenvalue weighted by Crippen LogP contribution is 2.25. The molecule has 0 saturated carbocycles. The van der Waals surface area contributed by atoms with E-state index in [0.29, 0.717) is 12.1 Å². The molecule has 1 heterocycles. The van der Waals surface area contributed by atoms with E-state index < -0.39 is 10.0 Å². The minimum absolute atomic E-state index is 0.0636. The zero-order chi connectivity index (χ0) is 14.6. The molecule has 0 saturated heterocycles. The minimum Gasteiger partial charge on any atom is -0.495 e. The quantitative estimate of drug-likeness (QED) is 0.673. The van der Waals surface area contributed by atoms with Crippen LogP contribution in [0.4, 0.5) is 5.69 Å². The van der Waals surface area contributed by atoms with Gasteiger partial charge in [0.1, 0.15) is 16.5 Å². The van der Waals surface area contributed by atoms with E-state index in [1.54, 1.807) is 12.4 Å². The van der Waals surface area contributed by atoms with Crippen molar-refractivity contribution < 1.29 is 13.2 Å². The van der Waals surface area contributed by atoms with E-state index in [2.05, 4.69) is 14.7 Å². The van der Waals surface area contributed by atoms with E-state index in [-0.39, 0.29) is 17.2 Å². The van der Waals surface area contributed by atoms with Crippen LogP contribution in [0.2, 0.25) is 0 Å². The smallest absolute Gasteiger partial charge is 0.244 e. The van der Waals surface area contributed by atoms with Crippen LogP contribution in [0, 0.1) is 0 Å². The molecule has 2 rings (SSSR count). The Morgan fingerprint density at radius 3 is 2.90 bits per heavy atom. The van der Waals surface area contributed by atoms with E-state index >= 15 is 0 Å². The van der Waals surface area contributed by atoms with Crippen molar-refractivity contribution in [3.8, 4) is 5.75 Å². The number of nitrogens with two attached hydrogens (primary N) is 1. The van der Waals surface area contributed by atoms with E-state index in [9.17, 15) is 8.42 Å². The largest absolute Gasteiger partial charge is 0.495 e. The number of nitrogens with one attached hydrogen (secondary N) is 2. The maximum atomic E-state index is 12.2. The minimum atomic E-state index is -3.65. The van der Waals surface area contributed by atoms with Gasteiger partial charge in [0.15, 0.2) is 0 Å². The van der Waals surface area contributed by atoms with Gasteiger partial charge in [0.25, 0.3) is 0 Å². The fourth-order valence-electron chi connectivity index (χ4n) is 1.72. The maximum absolute atomic E-state index is 12.2. The maximum Gasteiger partial charge on any atom is 0.244 e. The molecule has 2 aromatic rings. The first-order valence-corrected chi connectivity index (χ1v) is 7.42. The molecular weight excluding hydrogens is 280 g/mol. The lowest BCUT2D eigenvalue weighted by atomic mass is 10.3. The molecular formula is C12H16N4O3S. The number of aromatic nitrogens is 2. The third kappa shape index (κ3) is 3.28. The summed E-state index contributed by atoms with van der Waals surface area (Å²) in [6.45, 7) is 0.239. The third-order valence-electron chi connectivity index (χ3n) is 2.69. The predicted octanol–water partition coefficient (Wildman–Crippen LogP) is 0.521. The number of nitrogens with zero attached hydrogens (tertiary/aromatic N) is 1. The Morgan fingerprint density at radius 2 is 2.25 bits per heavy atom. The van der Waals surface area contributed by atoms with Gasteiger partial charge in [0.2, 0.25) is 10.0 Å². The number of hydrogen-bond acceptors (Lipinski definition) is 5. The molecule has 0 aliphatic carbocycles. The molecule has 1 aromatic carbocycles. The molecule has 0 radical (unpaired) electrons. The van der Waals surface area contributed by atoms with Crippen LogP contribution in [0.3, 0.4) is 0 Å². The number of nitrogen functional groups attached to an aromatic ring is 1. The normalized spacial score (nSPS) is 11.4. The number of ether oxygens (including phenoxy) is 1. The first-order chi connectivity index (χ1) is 9.53. The topological polar surface area (TPSA) is 110 Å². The van der Waals surface area contributed by atoms with Crippen LogP contribution < -0.4 is 15.2 Å².